The Hall–Kier alpha value is -0.280. The molecule has 34 valence electrons. The van der Waals surface area contributed by atoms with Crippen LogP contribution in [-0.2, 0) is 0 Å². The van der Waals surface area contributed by atoms with Gasteiger partial charge in [-0.25, -0.2) is 10.4 Å². The Balaban J connectivity index is 2.45. The van der Waals surface area contributed by atoms with Crippen LogP contribution in [0.25, 0.3) is 0 Å². The van der Waals surface area contributed by atoms with E-state index >= 15 is 0 Å². The molecule has 0 amide bonds. The van der Waals surface area contributed by atoms with Crippen molar-refractivity contribution < 1.29 is 0 Å². The zero-order chi connectivity index (χ0) is 4.41. The average molecular weight is 106 g/mol. The third-order valence-corrected chi connectivity index (χ3v) is 0.702. The van der Waals surface area contributed by atoms with Crippen LogP contribution in [0.4, 0.5) is 0 Å². The fourth-order valence-corrected chi connectivity index (χ4v) is 0.388. The van der Waals surface area contributed by atoms with Crippen molar-refractivity contribution in [2.45, 2.75) is 0 Å². The van der Waals surface area contributed by atoms with Crippen molar-refractivity contribution in [3.63, 3.8) is 0 Å². The van der Waals surface area contributed by atoms with Gasteiger partial charge in [-0.2, -0.15) is 0 Å². The molecule has 1 heterocycles. The Bertz CT molecular complexity index is 78.9. The summed E-state index contributed by atoms with van der Waals surface area (Å²) in [5.41, 5.74) is 5.27. The summed E-state index contributed by atoms with van der Waals surface area (Å²) < 4.78 is 0. The second-order valence-corrected chi connectivity index (χ2v) is 1.27. The van der Waals surface area contributed by atoms with E-state index in [9.17, 15) is 0 Å². The summed E-state index contributed by atoms with van der Waals surface area (Å²) in [6.45, 7) is 0.582. The molecular formula is C2H4ClN3. The Morgan fingerprint density at radius 1 is 1.83 bits per heavy atom. The van der Waals surface area contributed by atoms with Crippen LogP contribution >= 0.6 is 11.6 Å². The molecule has 3 nitrogen and oxygen atoms in total. The Morgan fingerprint density at radius 2 is 2.67 bits per heavy atom. The van der Waals surface area contributed by atoms with Crippen molar-refractivity contribution in [2.24, 2.45) is 4.99 Å². The van der Waals surface area contributed by atoms with Crippen molar-refractivity contribution in [3.05, 3.63) is 0 Å². The van der Waals surface area contributed by atoms with Crippen molar-refractivity contribution in [1.29, 1.82) is 0 Å². The quantitative estimate of drug-likeness (QED) is 0.413. The van der Waals surface area contributed by atoms with Gasteiger partial charge in [0, 0.05) is 0 Å². The van der Waals surface area contributed by atoms with E-state index in [1.54, 1.807) is 0 Å². The van der Waals surface area contributed by atoms with Crippen molar-refractivity contribution in [2.75, 3.05) is 6.67 Å². The van der Waals surface area contributed by atoms with Gasteiger partial charge in [0.05, 0.1) is 0 Å². The molecule has 6 heavy (non-hydrogen) atoms. The molecule has 0 fully saturated rings. The lowest BCUT2D eigenvalue weighted by Gasteiger charge is -1.85. The second-order valence-electron chi connectivity index (χ2n) is 0.909. The SMILES string of the molecule is ClC1=NCNN1. The standard InChI is InChI=1S/C2H4ClN3/c3-2-4-1-5-6-2/h5H,1H2,(H,4,6). The van der Waals surface area contributed by atoms with Gasteiger partial charge in [-0.3, -0.25) is 5.43 Å². The van der Waals surface area contributed by atoms with E-state index < -0.39 is 0 Å². The van der Waals surface area contributed by atoms with Crippen LogP contribution in [0.1, 0.15) is 0 Å². The van der Waals surface area contributed by atoms with Gasteiger partial charge in [-0.1, -0.05) is 0 Å². The normalized spacial score (nSPS) is 19.8. The van der Waals surface area contributed by atoms with Crippen LogP contribution in [0.5, 0.6) is 0 Å². The number of hydrazine groups is 1. The fraction of sp³-hybridized carbons (Fsp3) is 0.500. The fourth-order valence-electron chi connectivity index (χ4n) is 0.261. The molecule has 0 atom stereocenters. The van der Waals surface area contributed by atoms with Gasteiger partial charge in [0.2, 0.25) is 5.29 Å². The minimum atomic E-state index is 0.440. The molecule has 0 bridgehead atoms. The highest BCUT2D eigenvalue weighted by Gasteiger charge is 1.94. The van der Waals surface area contributed by atoms with E-state index in [1.165, 1.54) is 0 Å². The van der Waals surface area contributed by atoms with Crippen LogP contribution in [0.2, 0.25) is 0 Å². The Kier molecular flexibility index (Phi) is 0.939. The zero-order valence-electron chi connectivity index (χ0n) is 3.03. The van der Waals surface area contributed by atoms with Crippen molar-refractivity contribution in [1.82, 2.24) is 10.9 Å². The zero-order valence-corrected chi connectivity index (χ0v) is 3.79. The van der Waals surface area contributed by atoms with E-state index in [-0.39, 0.29) is 0 Å². The lowest BCUT2D eigenvalue weighted by Crippen LogP contribution is -2.26. The summed E-state index contributed by atoms with van der Waals surface area (Å²) in [5.74, 6) is 0. The Morgan fingerprint density at radius 3 is 2.83 bits per heavy atom. The third kappa shape index (κ3) is 0.609. The molecule has 0 saturated heterocycles. The Labute approximate surface area is 40.4 Å². The number of nitrogens with one attached hydrogen (secondary N) is 2. The molecule has 2 N–H and O–H groups in total. The molecule has 0 spiro atoms. The predicted octanol–water partition coefficient (Wildman–Crippen LogP) is -0.354. The first-order valence-corrected chi connectivity index (χ1v) is 1.96. The first-order valence-electron chi connectivity index (χ1n) is 1.58. The van der Waals surface area contributed by atoms with E-state index in [4.69, 9.17) is 11.6 Å². The van der Waals surface area contributed by atoms with Crippen LogP contribution in [0.3, 0.4) is 0 Å². The summed E-state index contributed by atoms with van der Waals surface area (Å²) in [6.07, 6.45) is 0. The van der Waals surface area contributed by atoms with E-state index in [1.807, 2.05) is 0 Å². The van der Waals surface area contributed by atoms with Gasteiger partial charge in [0.15, 0.2) is 0 Å². The van der Waals surface area contributed by atoms with Gasteiger partial charge < -0.3 is 0 Å². The van der Waals surface area contributed by atoms with Crippen LogP contribution in [0.15, 0.2) is 4.99 Å². The van der Waals surface area contributed by atoms with Gasteiger partial charge in [0.1, 0.15) is 6.67 Å². The number of aliphatic imine (C=N–C) groups is 1. The molecule has 4 heteroatoms. The van der Waals surface area contributed by atoms with Crippen molar-refractivity contribution >= 4 is 16.9 Å². The average Bonchev–Trinajstić information content (AvgIpc) is 1.86. The molecule has 0 saturated carbocycles. The van der Waals surface area contributed by atoms with Gasteiger partial charge in [-0.05, 0) is 11.6 Å². The highest BCUT2D eigenvalue weighted by atomic mass is 35.5. The molecule has 0 aliphatic carbocycles. The van der Waals surface area contributed by atoms with Gasteiger partial charge >= 0.3 is 0 Å². The third-order valence-electron chi connectivity index (χ3n) is 0.488. The van der Waals surface area contributed by atoms with Gasteiger partial charge in [0.25, 0.3) is 0 Å². The maximum absolute atomic E-state index is 5.29. The number of nitrogens with zero attached hydrogens (tertiary/aromatic N) is 1. The largest absolute Gasteiger partial charge is 0.294 e. The molecule has 1 aliphatic rings. The lowest BCUT2D eigenvalue weighted by atomic mass is 11.2. The molecule has 1 aliphatic heterocycles. The van der Waals surface area contributed by atoms with Crippen LogP contribution in [0, 0.1) is 0 Å². The first-order chi connectivity index (χ1) is 2.89. The number of halogens is 1. The molecule has 0 unspecified atom stereocenters. The van der Waals surface area contributed by atoms with Crippen molar-refractivity contribution in [3.8, 4) is 0 Å². The molecular weight excluding hydrogens is 101 g/mol. The number of hydrogen-bond donors (Lipinski definition) is 2. The first kappa shape index (κ1) is 3.89. The smallest absolute Gasteiger partial charge is 0.207 e. The minimum absolute atomic E-state index is 0.440. The van der Waals surface area contributed by atoms with Crippen LogP contribution in [-0.4, -0.2) is 12.0 Å². The van der Waals surface area contributed by atoms with Crippen LogP contribution < -0.4 is 10.9 Å². The molecule has 0 radical (unpaired) electrons. The summed E-state index contributed by atoms with van der Waals surface area (Å²) in [5, 5.41) is 0.440. The summed E-state index contributed by atoms with van der Waals surface area (Å²) in [6, 6.07) is 0. The summed E-state index contributed by atoms with van der Waals surface area (Å²) >= 11 is 5.29. The topological polar surface area (TPSA) is 36.4 Å². The number of rotatable bonds is 0. The molecule has 0 aromatic heterocycles. The summed E-state index contributed by atoms with van der Waals surface area (Å²) in [4.78, 5) is 3.70. The number of hydrogen-bond acceptors (Lipinski definition) is 3. The number of amidine groups is 1. The highest BCUT2D eigenvalue weighted by molar-refractivity contribution is 6.64. The predicted molar refractivity (Wildman–Crippen MR) is 24.4 cm³/mol. The molecule has 1 rings (SSSR count). The minimum Gasteiger partial charge on any atom is -0.294 e. The van der Waals surface area contributed by atoms with Gasteiger partial charge in [-0.15, -0.1) is 0 Å². The molecule has 0 aromatic rings. The maximum Gasteiger partial charge on any atom is 0.207 e. The van der Waals surface area contributed by atoms with E-state index in [0.29, 0.717) is 12.0 Å². The molecule has 0 aromatic carbocycles. The maximum atomic E-state index is 5.29. The van der Waals surface area contributed by atoms with E-state index in [2.05, 4.69) is 15.8 Å². The van der Waals surface area contributed by atoms with E-state index in [0.717, 1.165) is 0 Å². The summed E-state index contributed by atoms with van der Waals surface area (Å²) in [7, 11) is 0. The lowest BCUT2D eigenvalue weighted by molar-refractivity contribution is 0.730. The monoisotopic (exact) mass is 105 g/mol. The second kappa shape index (κ2) is 1.45. The highest BCUT2D eigenvalue weighted by Crippen LogP contribution is 1.81.